The second-order valence-electron chi connectivity index (χ2n) is 6.43. The highest BCUT2D eigenvalue weighted by Gasteiger charge is 2.26. The summed E-state index contributed by atoms with van der Waals surface area (Å²) in [7, 11) is 0. The van der Waals surface area contributed by atoms with Crippen molar-refractivity contribution in [2.45, 2.75) is 65.5 Å². The van der Waals surface area contributed by atoms with Crippen molar-refractivity contribution in [3.8, 4) is 0 Å². The zero-order valence-electron chi connectivity index (χ0n) is 13.9. The van der Waals surface area contributed by atoms with Gasteiger partial charge in [0.25, 0.3) is 0 Å². The molecule has 0 aliphatic heterocycles. The quantitative estimate of drug-likeness (QED) is 0.423. The van der Waals surface area contributed by atoms with Gasteiger partial charge in [0.15, 0.2) is 0 Å². The van der Waals surface area contributed by atoms with Crippen LogP contribution in [0, 0.1) is 5.92 Å². The van der Waals surface area contributed by atoms with E-state index in [1.165, 1.54) is 0 Å². The minimum Gasteiger partial charge on any atom is -0.464 e. The van der Waals surface area contributed by atoms with Gasteiger partial charge in [-0.05, 0) is 46.0 Å². The second-order valence-corrected chi connectivity index (χ2v) is 6.43. The molecule has 0 saturated heterocycles. The summed E-state index contributed by atoms with van der Waals surface area (Å²) in [5.74, 6) is -0.163. The van der Waals surface area contributed by atoms with Crippen LogP contribution in [0.1, 0.15) is 53.9 Å². The minimum atomic E-state index is -0.677. The highest BCUT2D eigenvalue weighted by molar-refractivity contribution is 5.81. The van der Waals surface area contributed by atoms with Gasteiger partial charge in [-0.3, -0.25) is 0 Å². The molecule has 0 aromatic rings. The minimum absolute atomic E-state index is 0.255. The molecule has 0 unspecified atom stereocenters. The lowest BCUT2D eigenvalue weighted by Crippen LogP contribution is -2.45. The molecule has 0 saturated carbocycles. The van der Waals surface area contributed by atoms with Crippen LogP contribution >= 0.6 is 0 Å². The van der Waals surface area contributed by atoms with E-state index >= 15 is 0 Å². The lowest BCUT2D eigenvalue weighted by atomic mass is 10.0. The number of unbranched alkanes of at least 4 members (excludes halogenated alkanes) is 1. The van der Waals surface area contributed by atoms with Crippen molar-refractivity contribution in [2.24, 2.45) is 5.92 Å². The van der Waals surface area contributed by atoms with Gasteiger partial charge in [0.05, 0.1) is 6.61 Å². The van der Waals surface area contributed by atoms with Crippen LogP contribution in [0.25, 0.3) is 0 Å². The summed E-state index contributed by atoms with van der Waals surface area (Å²) in [5, 5.41) is 2.59. The van der Waals surface area contributed by atoms with E-state index in [4.69, 9.17) is 9.47 Å². The average Bonchev–Trinajstić information content (AvgIpc) is 2.30. The number of amides is 1. The van der Waals surface area contributed by atoms with Crippen LogP contribution in [-0.2, 0) is 14.3 Å². The van der Waals surface area contributed by atoms with Crippen LogP contribution in [0.2, 0.25) is 0 Å². The van der Waals surface area contributed by atoms with Gasteiger partial charge in [0.1, 0.15) is 11.6 Å². The van der Waals surface area contributed by atoms with E-state index in [-0.39, 0.29) is 5.92 Å². The van der Waals surface area contributed by atoms with Gasteiger partial charge in [0, 0.05) is 0 Å². The molecule has 0 bridgehead atoms. The molecule has 0 rings (SSSR count). The fourth-order valence-corrected chi connectivity index (χ4v) is 1.64. The molecule has 0 fully saturated rings. The number of esters is 1. The van der Waals surface area contributed by atoms with Gasteiger partial charge >= 0.3 is 12.1 Å². The molecule has 122 valence electrons. The van der Waals surface area contributed by atoms with Crippen molar-refractivity contribution in [1.29, 1.82) is 0 Å². The fourth-order valence-electron chi connectivity index (χ4n) is 1.64. The molecule has 0 radical (unpaired) electrons. The number of carbonyl (C=O) groups is 2. The lowest BCUT2D eigenvalue weighted by Gasteiger charge is -2.23. The lowest BCUT2D eigenvalue weighted by molar-refractivity contribution is -0.146. The van der Waals surface area contributed by atoms with Crippen molar-refractivity contribution >= 4 is 12.1 Å². The number of hydrogen-bond donors (Lipinski definition) is 1. The van der Waals surface area contributed by atoms with Crippen LogP contribution in [0.4, 0.5) is 4.79 Å². The molecule has 1 N–H and O–H groups in total. The molecule has 0 aliphatic rings. The molecule has 0 heterocycles. The summed E-state index contributed by atoms with van der Waals surface area (Å²) in [6, 6.07) is -0.677. The molecule has 1 atom stereocenters. The van der Waals surface area contributed by atoms with Crippen molar-refractivity contribution in [3.05, 3.63) is 12.7 Å². The summed E-state index contributed by atoms with van der Waals surface area (Å²) in [6.45, 7) is 13.2. The van der Waals surface area contributed by atoms with Crippen LogP contribution in [0.15, 0.2) is 12.7 Å². The average molecular weight is 299 g/mol. The number of rotatable bonds is 8. The molecule has 0 aromatic heterocycles. The maximum atomic E-state index is 12.0. The first kappa shape index (κ1) is 19.5. The van der Waals surface area contributed by atoms with Crippen LogP contribution in [-0.4, -0.2) is 30.3 Å². The highest BCUT2D eigenvalue weighted by Crippen LogP contribution is 2.10. The predicted molar refractivity (Wildman–Crippen MR) is 83.0 cm³/mol. The Morgan fingerprint density at radius 3 is 2.38 bits per heavy atom. The largest absolute Gasteiger partial charge is 0.464 e. The van der Waals surface area contributed by atoms with Crippen molar-refractivity contribution in [3.63, 3.8) is 0 Å². The number of hydrogen-bond acceptors (Lipinski definition) is 4. The number of allylic oxidation sites excluding steroid dienone is 1. The first-order chi connectivity index (χ1) is 9.65. The zero-order valence-corrected chi connectivity index (χ0v) is 13.9. The van der Waals surface area contributed by atoms with Crippen molar-refractivity contribution in [2.75, 3.05) is 6.61 Å². The summed E-state index contributed by atoms with van der Waals surface area (Å²) < 4.78 is 10.4. The van der Waals surface area contributed by atoms with E-state index in [1.54, 1.807) is 26.8 Å². The van der Waals surface area contributed by atoms with E-state index in [0.717, 1.165) is 12.8 Å². The fraction of sp³-hybridized carbons (Fsp3) is 0.750. The Bertz CT molecular complexity index is 345. The second kappa shape index (κ2) is 9.42. The third kappa shape index (κ3) is 10.9. The van der Waals surface area contributed by atoms with Gasteiger partial charge in [-0.1, -0.05) is 19.9 Å². The molecule has 1 amide bonds. The molecular weight excluding hydrogens is 270 g/mol. The molecule has 5 nitrogen and oxygen atoms in total. The van der Waals surface area contributed by atoms with E-state index in [9.17, 15) is 9.59 Å². The van der Waals surface area contributed by atoms with E-state index < -0.39 is 23.7 Å². The first-order valence-electron chi connectivity index (χ1n) is 7.42. The maximum Gasteiger partial charge on any atom is 0.408 e. The standard InChI is InChI=1S/C16H29NO4/c1-7-8-9-10-20-14(18)13(11-12(2)3)17-15(19)21-16(4,5)6/h7,12-13H,1,8-11H2,2-6H3,(H,17,19)/t13-/m0/s1. The van der Waals surface area contributed by atoms with Crippen molar-refractivity contribution in [1.82, 2.24) is 5.32 Å². The SMILES string of the molecule is C=CCCCOC(=O)[C@H](CC(C)C)NC(=O)OC(C)(C)C. The normalized spacial score (nSPS) is 12.7. The van der Waals surface area contributed by atoms with Crippen LogP contribution < -0.4 is 5.32 Å². The van der Waals surface area contributed by atoms with Gasteiger partial charge in [-0.2, -0.15) is 0 Å². The Kier molecular flexibility index (Phi) is 8.74. The summed E-state index contributed by atoms with van der Waals surface area (Å²) in [4.78, 5) is 23.8. The number of alkyl carbamates (subject to hydrolysis) is 1. The van der Waals surface area contributed by atoms with E-state index in [0.29, 0.717) is 13.0 Å². The molecule has 0 aliphatic carbocycles. The summed E-state index contributed by atoms with van der Waals surface area (Å²) >= 11 is 0. The van der Waals surface area contributed by atoms with Crippen LogP contribution in [0.5, 0.6) is 0 Å². The summed E-state index contributed by atoms with van der Waals surface area (Å²) in [6.07, 6.45) is 3.21. The molecular formula is C16H29NO4. The summed E-state index contributed by atoms with van der Waals surface area (Å²) in [5.41, 5.74) is -0.597. The third-order valence-corrected chi connectivity index (χ3v) is 2.48. The Labute approximate surface area is 128 Å². The van der Waals surface area contributed by atoms with E-state index in [1.807, 2.05) is 13.8 Å². The highest BCUT2D eigenvalue weighted by atomic mass is 16.6. The smallest absolute Gasteiger partial charge is 0.408 e. The van der Waals surface area contributed by atoms with Gasteiger partial charge < -0.3 is 14.8 Å². The molecule has 21 heavy (non-hydrogen) atoms. The van der Waals surface area contributed by atoms with Crippen LogP contribution in [0.3, 0.4) is 0 Å². The zero-order chi connectivity index (χ0) is 16.5. The first-order valence-corrected chi connectivity index (χ1v) is 7.42. The van der Waals surface area contributed by atoms with E-state index in [2.05, 4.69) is 11.9 Å². The number of ether oxygens (including phenoxy) is 2. The Hall–Kier alpha value is -1.52. The predicted octanol–water partition coefficient (Wildman–Crippen LogP) is 3.44. The topological polar surface area (TPSA) is 64.6 Å². The Morgan fingerprint density at radius 2 is 1.90 bits per heavy atom. The molecule has 5 heteroatoms. The third-order valence-electron chi connectivity index (χ3n) is 2.48. The van der Waals surface area contributed by atoms with Gasteiger partial charge in [0.2, 0.25) is 0 Å². The Morgan fingerprint density at radius 1 is 1.29 bits per heavy atom. The molecule has 0 aromatic carbocycles. The maximum absolute atomic E-state index is 12.0. The number of nitrogens with one attached hydrogen (secondary N) is 1. The van der Waals surface area contributed by atoms with Crippen molar-refractivity contribution < 1.29 is 19.1 Å². The Balaban J connectivity index is 4.46. The van der Waals surface area contributed by atoms with Gasteiger partial charge in [-0.25, -0.2) is 9.59 Å². The van der Waals surface area contributed by atoms with Gasteiger partial charge in [-0.15, -0.1) is 6.58 Å². The monoisotopic (exact) mass is 299 g/mol. The molecule has 0 spiro atoms. The number of carbonyl (C=O) groups excluding carboxylic acids is 2.